The molecule has 0 aromatic heterocycles. The molecule has 0 aromatic rings. The third-order valence-electron chi connectivity index (χ3n) is 3.92. The van der Waals surface area contributed by atoms with Crippen LogP contribution in [-0.4, -0.2) is 24.7 Å². The van der Waals surface area contributed by atoms with E-state index < -0.39 is 0 Å². The van der Waals surface area contributed by atoms with Gasteiger partial charge in [0.2, 0.25) is 0 Å². The summed E-state index contributed by atoms with van der Waals surface area (Å²) in [5.74, 6) is 0.968. The lowest BCUT2D eigenvalue weighted by atomic mass is 9.79. The van der Waals surface area contributed by atoms with Crippen molar-refractivity contribution in [2.24, 2.45) is 5.92 Å². The van der Waals surface area contributed by atoms with E-state index >= 15 is 0 Å². The second-order valence-corrected chi connectivity index (χ2v) is 4.68. The normalized spacial score (nSPS) is 46.5. The molecule has 68 valence electrons. The summed E-state index contributed by atoms with van der Waals surface area (Å²) in [6.45, 7) is 1.27. The third kappa shape index (κ3) is 1.01. The zero-order valence-corrected chi connectivity index (χ0v) is 7.55. The number of nitrogens with one attached hydrogen (secondary N) is 2. The SMILES string of the molecule is C1CCC(NC2C3CNC2C3)C1. The van der Waals surface area contributed by atoms with E-state index in [0.29, 0.717) is 0 Å². The molecule has 3 unspecified atom stereocenters. The summed E-state index contributed by atoms with van der Waals surface area (Å²) in [5.41, 5.74) is 0. The van der Waals surface area contributed by atoms with E-state index in [4.69, 9.17) is 0 Å². The molecule has 4 fully saturated rings. The van der Waals surface area contributed by atoms with Crippen LogP contribution in [0.1, 0.15) is 32.1 Å². The highest BCUT2D eigenvalue weighted by Crippen LogP contribution is 2.35. The maximum Gasteiger partial charge on any atom is 0.0264 e. The minimum Gasteiger partial charge on any atom is -0.312 e. The van der Waals surface area contributed by atoms with E-state index in [1.807, 2.05) is 0 Å². The first-order valence-electron chi connectivity index (χ1n) is 5.43. The van der Waals surface area contributed by atoms with E-state index in [0.717, 1.165) is 24.0 Å². The lowest BCUT2D eigenvalue weighted by Crippen LogP contribution is -2.54. The van der Waals surface area contributed by atoms with Gasteiger partial charge in [-0.1, -0.05) is 12.8 Å². The molecule has 0 aromatic carbocycles. The van der Waals surface area contributed by atoms with Crippen LogP contribution in [0, 0.1) is 5.92 Å². The minimum absolute atomic E-state index is 0.829. The predicted octanol–water partition coefficient (Wildman–Crippen LogP) is 0.879. The Labute approximate surface area is 74.1 Å². The van der Waals surface area contributed by atoms with Gasteiger partial charge in [0.05, 0.1) is 0 Å². The molecule has 2 saturated carbocycles. The highest BCUT2D eigenvalue weighted by atomic mass is 15.1. The van der Waals surface area contributed by atoms with Crippen LogP contribution < -0.4 is 10.6 Å². The van der Waals surface area contributed by atoms with Gasteiger partial charge in [-0.3, -0.25) is 0 Å². The van der Waals surface area contributed by atoms with Crippen molar-refractivity contribution in [2.75, 3.05) is 6.54 Å². The Balaban J connectivity index is 1.55. The van der Waals surface area contributed by atoms with Crippen molar-refractivity contribution in [3.8, 4) is 0 Å². The summed E-state index contributed by atoms with van der Waals surface area (Å²) in [4.78, 5) is 0. The number of rotatable bonds is 2. The van der Waals surface area contributed by atoms with Crippen LogP contribution in [0.3, 0.4) is 0 Å². The summed E-state index contributed by atoms with van der Waals surface area (Å²) < 4.78 is 0. The summed E-state index contributed by atoms with van der Waals surface area (Å²) in [6.07, 6.45) is 7.19. The van der Waals surface area contributed by atoms with Gasteiger partial charge >= 0.3 is 0 Å². The first-order valence-corrected chi connectivity index (χ1v) is 5.43. The lowest BCUT2D eigenvalue weighted by Gasteiger charge is -2.37. The van der Waals surface area contributed by atoms with Crippen molar-refractivity contribution < 1.29 is 0 Å². The summed E-state index contributed by atoms with van der Waals surface area (Å²) in [5, 5.41) is 7.37. The van der Waals surface area contributed by atoms with Crippen LogP contribution in [0.4, 0.5) is 0 Å². The molecule has 2 N–H and O–H groups in total. The maximum atomic E-state index is 3.81. The fourth-order valence-corrected chi connectivity index (χ4v) is 3.09. The molecule has 2 heteroatoms. The molecular formula is C10H18N2. The molecule has 0 spiro atoms. The molecule has 4 rings (SSSR count). The van der Waals surface area contributed by atoms with Crippen LogP contribution >= 0.6 is 0 Å². The fourth-order valence-electron chi connectivity index (χ4n) is 3.09. The summed E-state index contributed by atoms with van der Waals surface area (Å²) in [6, 6.07) is 2.53. The highest BCUT2D eigenvalue weighted by Gasteiger charge is 2.47. The monoisotopic (exact) mass is 166 g/mol. The fraction of sp³-hybridized carbons (Fsp3) is 1.00. The Kier molecular flexibility index (Phi) is 1.66. The largest absolute Gasteiger partial charge is 0.312 e. The first-order chi connectivity index (χ1) is 5.93. The Hall–Kier alpha value is -0.0800. The van der Waals surface area contributed by atoms with E-state index in [1.165, 1.54) is 38.6 Å². The van der Waals surface area contributed by atoms with Gasteiger partial charge in [-0.2, -0.15) is 0 Å². The van der Waals surface area contributed by atoms with Crippen molar-refractivity contribution in [3.05, 3.63) is 0 Å². The average molecular weight is 166 g/mol. The molecule has 2 saturated heterocycles. The van der Waals surface area contributed by atoms with Gasteiger partial charge in [0.1, 0.15) is 0 Å². The van der Waals surface area contributed by atoms with Crippen molar-refractivity contribution >= 4 is 0 Å². The van der Waals surface area contributed by atoms with Gasteiger partial charge in [0.15, 0.2) is 0 Å². The van der Waals surface area contributed by atoms with Crippen LogP contribution in [0.5, 0.6) is 0 Å². The Morgan fingerprint density at radius 3 is 2.58 bits per heavy atom. The number of hydrogen-bond acceptors (Lipinski definition) is 2. The molecule has 4 aliphatic rings. The van der Waals surface area contributed by atoms with Crippen molar-refractivity contribution in [1.82, 2.24) is 10.6 Å². The zero-order chi connectivity index (χ0) is 7.97. The van der Waals surface area contributed by atoms with Gasteiger partial charge in [-0.25, -0.2) is 0 Å². The molecule has 2 aliphatic heterocycles. The summed E-state index contributed by atoms with van der Waals surface area (Å²) in [7, 11) is 0. The third-order valence-corrected chi connectivity index (χ3v) is 3.92. The molecule has 0 amide bonds. The molecule has 2 heterocycles. The molecule has 2 nitrogen and oxygen atoms in total. The van der Waals surface area contributed by atoms with E-state index in [-0.39, 0.29) is 0 Å². The zero-order valence-electron chi connectivity index (χ0n) is 7.55. The van der Waals surface area contributed by atoms with E-state index in [2.05, 4.69) is 10.6 Å². The van der Waals surface area contributed by atoms with E-state index in [1.54, 1.807) is 0 Å². The average Bonchev–Trinajstić information content (AvgIpc) is 2.76. The van der Waals surface area contributed by atoms with E-state index in [9.17, 15) is 0 Å². The van der Waals surface area contributed by atoms with Crippen LogP contribution in [0.2, 0.25) is 0 Å². The summed E-state index contributed by atoms with van der Waals surface area (Å²) >= 11 is 0. The van der Waals surface area contributed by atoms with Crippen molar-refractivity contribution in [2.45, 2.75) is 50.2 Å². The highest BCUT2D eigenvalue weighted by molar-refractivity contribution is 5.07. The quantitative estimate of drug-likeness (QED) is 0.636. The smallest absolute Gasteiger partial charge is 0.0264 e. The van der Waals surface area contributed by atoms with Crippen LogP contribution in [-0.2, 0) is 0 Å². The Morgan fingerprint density at radius 1 is 1.17 bits per heavy atom. The Morgan fingerprint density at radius 2 is 2.00 bits per heavy atom. The second kappa shape index (κ2) is 2.71. The molecular weight excluding hydrogens is 148 g/mol. The predicted molar refractivity (Wildman–Crippen MR) is 49.1 cm³/mol. The van der Waals surface area contributed by atoms with Crippen molar-refractivity contribution in [3.63, 3.8) is 0 Å². The number of hydrogen-bond donors (Lipinski definition) is 2. The Bertz CT molecular complexity index is 161. The molecule has 3 atom stereocenters. The minimum atomic E-state index is 0.829. The van der Waals surface area contributed by atoms with Gasteiger partial charge < -0.3 is 10.6 Å². The van der Waals surface area contributed by atoms with Gasteiger partial charge in [-0.15, -0.1) is 0 Å². The number of fused-ring (bicyclic) bond motifs is 1. The van der Waals surface area contributed by atoms with Gasteiger partial charge in [0.25, 0.3) is 0 Å². The van der Waals surface area contributed by atoms with Gasteiger partial charge in [-0.05, 0) is 31.7 Å². The second-order valence-electron chi connectivity index (χ2n) is 4.68. The van der Waals surface area contributed by atoms with Crippen molar-refractivity contribution in [1.29, 1.82) is 0 Å². The molecule has 0 radical (unpaired) electrons. The van der Waals surface area contributed by atoms with Crippen LogP contribution in [0.25, 0.3) is 0 Å². The first kappa shape index (κ1) is 7.34. The van der Waals surface area contributed by atoms with Gasteiger partial charge in [0, 0.05) is 18.1 Å². The maximum absolute atomic E-state index is 3.81. The lowest BCUT2D eigenvalue weighted by molar-refractivity contribution is 0.226. The molecule has 2 aliphatic carbocycles. The van der Waals surface area contributed by atoms with Crippen LogP contribution in [0.15, 0.2) is 0 Å². The topological polar surface area (TPSA) is 24.1 Å². The standard InChI is InChI=1S/C10H18N2/c1-2-4-8(3-1)12-10-7-5-9(10)11-6-7/h7-12H,1-6H2. The molecule has 2 bridgehead atoms. The molecule has 12 heavy (non-hydrogen) atoms.